The van der Waals surface area contributed by atoms with Crippen LogP contribution in [0.1, 0.15) is 65.1 Å². The summed E-state index contributed by atoms with van der Waals surface area (Å²) >= 11 is 0. The van der Waals surface area contributed by atoms with E-state index in [2.05, 4.69) is 44.1 Å². The van der Waals surface area contributed by atoms with E-state index in [0.717, 1.165) is 25.1 Å². The summed E-state index contributed by atoms with van der Waals surface area (Å²) in [4.78, 5) is 42.6. The number of amides is 2. The van der Waals surface area contributed by atoms with E-state index in [1.165, 1.54) is 0 Å². The molecule has 1 unspecified atom stereocenters. The molecular weight excluding hydrogens is 651 g/mol. The topological polar surface area (TPSA) is 138 Å². The fourth-order valence-corrected chi connectivity index (χ4v) is 8.38. The van der Waals surface area contributed by atoms with Gasteiger partial charge in [0.25, 0.3) is 0 Å². The predicted octanol–water partition coefficient (Wildman–Crippen LogP) is 6.31. The number of benzene rings is 2. The van der Waals surface area contributed by atoms with Gasteiger partial charge in [0.2, 0.25) is 11.8 Å². The summed E-state index contributed by atoms with van der Waals surface area (Å²) in [5, 5.41) is 2.80. The SMILES string of the molecule is CN(C(=O)Cc1ccc2c(c1)NC(=O)CS2(O)O)[C@H](CN1CCC(O[Si](C)(C)C(C)(C)C)C1)c1cccc(OCC(=O)OC(C)(C)C)c1. The summed E-state index contributed by atoms with van der Waals surface area (Å²) in [5.41, 5.74) is 1.19. The smallest absolute Gasteiger partial charge is 0.344 e. The van der Waals surface area contributed by atoms with Crippen LogP contribution in [0.3, 0.4) is 0 Å². The largest absolute Gasteiger partial charge is 0.482 e. The van der Waals surface area contributed by atoms with Crippen LogP contribution in [0, 0.1) is 0 Å². The van der Waals surface area contributed by atoms with Gasteiger partial charge in [-0.05, 0) is 80.7 Å². The van der Waals surface area contributed by atoms with Gasteiger partial charge in [-0.25, -0.2) is 4.79 Å². The average Bonchev–Trinajstić information content (AvgIpc) is 3.38. The maximum absolute atomic E-state index is 13.9. The summed E-state index contributed by atoms with van der Waals surface area (Å²) < 4.78 is 38.8. The van der Waals surface area contributed by atoms with Gasteiger partial charge in [-0.1, -0.05) is 39.0 Å². The highest BCUT2D eigenvalue weighted by molar-refractivity contribution is 8.25. The van der Waals surface area contributed by atoms with E-state index in [1.807, 2.05) is 18.2 Å². The molecule has 0 aromatic heterocycles. The highest BCUT2D eigenvalue weighted by Crippen LogP contribution is 2.53. The van der Waals surface area contributed by atoms with Crippen LogP contribution in [0.5, 0.6) is 5.75 Å². The van der Waals surface area contributed by atoms with Crippen LogP contribution >= 0.6 is 10.6 Å². The van der Waals surface area contributed by atoms with Gasteiger partial charge in [0.15, 0.2) is 14.9 Å². The zero-order valence-electron chi connectivity index (χ0n) is 29.8. The lowest BCUT2D eigenvalue weighted by Crippen LogP contribution is -2.45. The van der Waals surface area contributed by atoms with E-state index < -0.39 is 36.4 Å². The molecule has 0 spiro atoms. The molecule has 0 aliphatic carbocycles. The Morgan fingerprint density at radius 1 is 1.10 bits per heavy atom. The lowest BCUT2D eigenvalue weighted by atomic mass is 10.0. The van der Waals surface area contributed by atoms with Crippen molar-refractivity contribution in [1.82, 2.24) is 9.80 Å². The Kier molecular flexibility index (Phi) is 11.4. The first kappa shape index (κ1) is 37.9. The Balaban J connectivity index is 1.54. The molecule has 2 amide bonds. The van der Waals surface area contributed by atoms with Gasteiger partial charge in [-0.3, -0.25) is 23.6 Å². The fraction of sp³-hybridized carbons (Fsp3) is 0.571. The lowest BCUT2D eigenvalue weighted by Gasteiger charge is -2.38. The molecule has 2 aliphatic heterocycles. The second-order valence-electron chi connectivity index (χ2n) is 15.4. The third-order valence-electron chi connectivity index (χ3n) is 9.17. The van der Waals surface area contributed by atoms with Crippen molar-refractivity contribution in [1.29, 1.82) is 0 Å². The molecule has 11 nitrogen and oxygen atoms in total. The van der Waals surface area contributed by atoms with Gasteiger partial charge >= 0.3 is 5.97 Å². The van der Waals surface area contributed by atoms with Gasteiger partial charge < -0.3 is 24.1 Å². The number of ether oxygens (including phenoxy) is 2. The van der Waals surface area contributed by atoms with E-state index >= 15 is 0 Å². The number of carbonyl (C=O) groups is 3. The van der Waals surface area contributed by atoms with Gasteiger partial charge in [0, 0.05) is 26.7 Å². The Labute approximate surface area is 287 Å². The van der Waals surface area contributed by atoms with Crippen molar-refractivity contribution in [3.63, 3.8) is 0 Å². The van der Waals surface area contributed by atoms with Crippen molar-refractivity contribution in [2.75, 3.05) is 44.4 Å². The number of nitrogens with one attached hydrogen (secondary N) is 1. The summed E-state index contributed by atoms with van der Waals surface area (Å²) in [6.45, 7) is 18.6. The summed E-state index contributed by atoms with van der Waals surface area (Å²) in [7, 11) is -3.40. The number of rotatable bonds is 11. The van der Waals surface area contributed by atoms with E-state index in [1.54, 1.807) is 57.0 Å². The number of likely N-dealkylation sites (N-methyl/N-ethyl adjacent to an activating group) is 1. The number of nitrogens with zero attached hydrogens (tertiary/aromatic N) is 2. The molecule has 2 aliphatic rings. The van der Waals surface area contributed by atoms with Crippen molar-refractivity contribution in [2.24, 2.45) is 0 Å². The molecule has 2 aromatic carbocycles. The molecule has 48 heavy (non-hydrogen) atoms. The monoisotopic (exact) mass is 703 g/mol. The molecule has 4 rings (SSSR count). The van der Waals surface area contributed by atoms with Gasteiger partial charge in [-0.2, -0.15) is 10.6 Å². The second-order valence-corrected chi connectivity index (χ2v) is 22.2. The number of hydrogen-bond acceptors (Lipinski definition) is 9. The van der Waals surface area contributed by atoms with Crippen LogP contribution in [-0.2, 0) is 30.0 Å². The van der Waals surface area contributed by atoms with Crippen LogP contribution in [-0.4, -0.2) is 95.8 Å². The highest BCUT2D eigenvalue weighted by Gasteiger charge is 2.41. The number of likely N-dealkylation sites (tertiary alicyclic amines) is 1. The minimum absolute atomic E-state index is 0.0429. The number of hydrogen-bond donors (Lipinski definition) is 3. The van der Waals surface area contributed by atoms with Crippen molar-refractivity contribution < 1.29 is 37.4 Å². The van der Waals surface area contributed by atoms with Crippen molar-refractivity contribution in [2.45, 2.75) is 95.2 Å². The molecule has 1 saturated heterocycles. The highest BCUT2D eigenvalue weighted by atomic mass is 32.3. The normalized spacial score (nSPS) is 19.6. The molecule has 1 fully saturated rings. The van der Waals surface area contributed by atoms with Crippen LogP contribution in [0.4, 0.5) is 5.69 Å². The molecule has 2 heterocycles. The minimum Gasteiger partial charge on any atom is -0.482 e. The van der Waals surface area contributed by atoms with E-state index in [9.17, 15) is 23.5 Å². The van der Waals surface area contributed by atoms with Gasteiger partial charge in [0.1, 0.15) is 17.1 Å². The van der Waals surface area contributed by atoms with Crippen LogP contribution in [0.15, 0.2) is 47.4 Å². The van der Waals surface area contributed by atoms with Crippen LogP contribution in [0.25, 0.3) is 0 Å². The average molecular weight is 704 g/mol. The Bertz CT molecular complexity index is 1500. The van der Waals surface area contributed by atoms with Crippen molar-refractivity contribution >= 4 is 42.4 Å². The standard InChI is InChI=1S/C35H53N3O8SSi/c1-34(2,3)45-33(41)22-44-26-12-10-11-25(19-26)29(21-38-16-15-27(20-38)46-48(8,9)35(4,5)6)37(7)32(40)18-24-13-14-30-28(17-24)36-31(39)23-47(30,42)43/h10-14,17,19,27,29,42-43H,15-16,18,20-23H2,1-9H3,(H,36,39)/t27?,29-/m1/s1. The van der Waals surface area contributed by atoms with E-state index in [4.69, 9.17) is 13.9 Å². The van der Waals surface area contributed by atoms with Crippen molar-refractivity contribution in [3.8, 4) is 5.75 Å². The quantitative estimate of drug-likeness (QED) is 0.182. The molecule has 0 bridgehead atoms. The molecule has 266 valence electrons. The van der Waals surface area contributed by atoms with Crippen LogP contribution in [0.2, 0.25) is 18.1 Å². The fourth-order valence-electron chi connectivity index (χ4n) is 5.66. The van der Waals surface area contributed by atoms with E-state index in [0.29, 0.717) is 23.5 Å². The lowest BCUT2D eigenvalue weighted by molar-refractivity contribution is -0.157. The number of fused-ring (bicyclic) bond motifs is 1. The van der Waals surface area contributed by atoms with Gasteiger partial charge in [0.05, 0.1) is 29.1 Å². The minimum atomic E-state index is -3.23. The Morgan fingerprint density at radius 3 is 2.48 bits per heavy atom. The number of anilines is 1. The summed E-state index contributed by atoms with van der Waals surface area (Å²) in [6.07, 6.45) is 1.08. The van der Waals surface area contributed by atoms with Crippen LogP contribution < -0.4 is 10.1 Å². The molecular formula is C35H53N3O8SSi. The molecule has 13 heteroatoms. The summed E-state index contributed by atoms with van der Waals surface area (Å²) in [5.74, 6) is -0.972. The van der Waals surface area contributed by atoms with E-state index in [-0.39, 0.29) is 46.8 Å². The first-order valence-electron chi connectivity index (χ1n) is 16.4. The molecule has 0 saturated carbocycles. The third-order valence-corrected chi connectivity index (χ3v) is 15.4. The maximum atomic E-state index is 13.9. The van der Waals surface area contributed by atoms with Gasteiger partial charge in [-0.15, -0.1) is 0 Å². The molecule has 2 aromatic rings. The molecule has 2 atom stereocenters. The third kappa shape index (κ3) is 9.82. The number of esters is 1. The number of carbonyl (C=O) groups excluding carboxylic acids is 3. The predicted molar refractivity (Wildman–Crippen MR) is 191 cm³/mol. The zero-order valence-corrected chi connectivity index (χ0v) is 31.6. The Hall–Kier alpha value is -2.94. The zero-order chi connectivity index (χ0) is 35.7. The first-order chi connectivity index (χ1) is 22.1. The van der Waals surface area contributed by atoms with Crippen molar-refractivity contribution in [3.05, 3.63) is 53.6 Å². The second kappa shape index (κ2) is 14.5. The first-order valence-corrected chi connectivity index (χ1v) is 21.1. The molecule has 3 N–H and O–H groups in total. The maximum Gasteiger partial charge on any atom is 0.344 e. The summed E-state index contributed by atoms with van der Waals surface area (Å²) in [6, 6.07) is 12.0. The molecule has 0 radical (unpaired) electrons. The Morgan fingerprint density at radius 2 is 1.81 bits per heavy atom.